The molecule has 0 aromatic heterocycles. The van der Waals surface area contributed by atoms with E-state index in [4.69, 9.17) is 19.7 Å². The SMILES string of the molecule is CCCCCCCCCCCCCC(=O)OCC(C)OC(=O)CCCCCCCCCCCCC.OCCO. The van der Waals surface area contributed by atoms with Gasteiger partial charge in [0.2, 0.25) is 0 Å². The number of unbranched alkanes of at least 4 members (excludes halogenated alkanes) is 20. The molecule has 0 spiro atoms. The summed E-state index contributed by atoms with van der Waals surface area (Å²) in [4.78, 5) is 23.9. The van der Waals surface area contributed by atoms with Crippen LogP contribution in [-0.2, 0) is 19.1 Å². The zero-order valence-corrected chi connectivity index (χ0v) is 26.2. The molecule has 0 heterocycles. The van der Waals surface area contributed by atoms with Gasteiger partial charge in [0.05, 0.1) is 13.2 Å². The molecule has 0 aliphatic carbocycles. The predicted molar refractivity (Wildman–Crippen MR) is 163 cm³/mol. The molecule has 1 atom stereocenters. The van der Waals surface area contributed by atoms with Gasteiger partial charge < -0.3 is 19.7 Å². The molecule has 0 saturated carbocycles. The number of carbonyl (C=O) groups is 2. The van der Waals surface area contributed by atoms with E-state index in [1.165, 1.54) is 116 Å². The first kappa shape index (κ1) is 40.0. The highest BCUT2D eigenvalue weighted by atomic mass is 16.6. The molecule has 0 bridgehead atoms. The smallest absolute Gasteiger partial charge is 0.306 e. The standard InChI is InChI=1S/C31H60O4.C2H6O2/c1-4-6-8-10-12-14-16-18-20-22-24-26-30(32)34-28-29(3)35-31(33)27-25-23-21-19-17-15-13-11-9-7-5-2;3-1-2-4/h29H,4-28H2,1-3H3;3-4H,1-2H2. The minimum Gasteiger partial charge on any atom is -0.462 e. The van der Waals surface area contributed by atoms with E-state index < -0.39 is 0 Å². The summed E-state index contributed by atoms with van der Waals surface area (Å²) in [6, 6.07) is 0. The summed E-state index contributed by atoms with van der Waals surface area (Å²) in [5.41, 5.74) is 0. The molecule has 2 N–H and O–H groups in total. The largest absolute Gasteiger partial charge is 0.462 e. The van der Waals surface area contributed by atoms with Crippen molar-refractivity contribution in [2.45, 2.75) is 181 Å². The monoisotopic (exact) mass is 558 g/mol. The molecule has 1 unspecified atom stereocenters. The van der Waals surface area contributed by atoms with Gasteiger partial charge in [-0.1, -0.05) is 142 Å². The fourth-order valence-electron chi connectivity index (χ4n) is 4.47. The van der Waals surface area contributed by atoms with Crippen LogP contribution in [0, 0.1) is 0 Å². The summed E-state index contributed by atoms with van der Waals surface area (Å²) >= 11 is 0. The van der Waals surface area contributed by atoms with Crippen molar-refractivity contribution < 1.29 is 29.3 Å². The molecule has 234 valence electrons. The maximum Gasteiger partial charge on any atom is 0.306 e. The van der Waals surface area contributed by atoms with Crippen molar-refractivity contribution in [3.05, 3.63) is 0 Å². The predicted octanol–water partition coefficient (Wildman–Crippen LogP) is 8.83. The van der Waals surface area contributed by atoms with Gasteiger partial charge in [-0.3, -0.25) is 9.59 Å². The van der Waals surface area contributed by atoms with Gasteiger partial charge in [0, 0.05) is 12.8 Å². The lowest BCUT2D eigenvalue weighted by Gasteiger charge is -2.13. The van der Waals surface area contributed by atoms with E-state index in [0.29, 0.717) is 12.8 Å². The third-order valence-electron chi connectivity index (χ3n) is 6.88. The Labute approximate surface area is 242 Å². The molecule has 0 aromatic rings. The lowest BCUT2D eigenvalue weighted by molar-refractivity contribution is -0.158. The Kier molecular flexibility index (Phi) is 35.8. The first-order valence-corrected chi connectivity index (χ1v) is 16.6. The number of aliphatic hydroxyl groups is 2. The van der Waals surface area contributed by atoms with Gasteiger partial charge in [0.25, 0.3) is 0 Å². The maximum absolute atomic E-state index is 12.0. The van der Waals surface area contributed by atoms with Crippen molar-refractivity contribution in [2.75, 3.05) is 19.8 Å². The number of hydrogen-bond acceptors (Lipinski definition) is 6. The van der Waals surface area contributed by atoms with Crippen LogP contribution < -0.4 is 0 Å². The third-order valence-corrected chi connectivity index (χ3v) is 6.88. The zero-order valence-electron chi connectivity index (χ0n) is 26.2. The number of ether oxygens (including phenoxy) is 2. The molecule has 0 fully saturated rings. The second kappa shape index (κ2) is 34.9. The van der Waals surface area contributed by atoms with Crippen molar-refractivity contribution in [3.8, 4) is 0 Å². The van der Waals surface area contributed by atoms with Gasteiger partial charge in [0.15, 0.2) is 0 Å². The van der Waals surface area contributed by atoms with Gasteiger partial charge in [-0.2, -0.15) is 0 Å². The Bertz CT molecular complexity index is 495. The summed E-state index contributed by atoms with van der Waals surface area (Å²) in [5.74, 6) is -0.343. The number of carbonyl (C=O) groups excluding carboxylic acids is 2. The van der Waals surface area contributed by atoms with Crippen LogP contribution in [0.4, 0.5) is 0 Å². The molecule has 0 amide bonds. The van der Waals surface area contributed by atoms with E-state index in [2.05, 4.69) is 13.8 Å². The molecule has 0 aliphatic rings. The van der Waals surface area contributed by atoms with Crippen molar-refractivity contribution in [1.29, 1.82) is 0 Å². The van der Waals surface area contributed by atoms with Crippen LogP contribution in [0.5, 0.6) is 0 Å². The van der Waals surface area contributed by atoms with Crippen molar-refractivity contribution in [2.24, 2.45) is 0 Å². The highest BCUT2D eigenvalue weighted by molar-refractivity contribution is 5.70. The normalized spacial score (nSPS) is 11.5. The van der Waals surface area contributed by atoms with Crippen LogP contribution in [0.15, 0.2) is 0 Å². The van der Waals surface area contributed by atoms with Crippen molar-refractivity contribution in [1.82, 2.24) is 0 Å². The van der Waals surface area contributed by atoms with E-state index >= 15 is 0 Å². The summed E-state index contributed by atoms with van der Waals surface area (Å²) < 4.78 is 10.7. The van der Waals surface area contributed by atoms with Crippen LogP contribution >= 0.6 is 0 Å². The molecular weight excluding hydrogens is 492 g/mol. The Morgan fingerprint density at radius 2 is 0.821 bits per heavy atom. The van der Waals surface area contributed by atoms with Gasteiger partial charge >= 0.3 is 11.9 Å². The summed E-state index contributed by atoms with van der Waals surface area (Å²) in [6.07, 6.45) is 28.5. The minimum atomic E-state index is -0.364. The number of hydrogen-bond donors (Lipinski definition) is 2. The van der Waals surface area contributed by atoms with Gasteiger partial charge in [0.1, 0.15) is 12.7 Å². The van der Waals surface area contributed by atoms with E-state index in [1.54, 1.807) is 6.92 Å². The van der Waals surface area contributed by atoms with Crippen LogP contribution in [0.25, 0.3) is 0 Å². The summed E-state index contributed by atoms with van der Waals surface area (Å²) in [6.45, 7) is 6.23. The average molecular weight is 559 g/mol. The number of rotatable bonds is 28. The maximum atomic E-state index is 12.0. The lowest BCUT2D eigenvalue weighted by atomic mass is 10.1. The molecule has 6 heteroatoms. The van der Waals surface area contributed by atoms with E-state index in [0.717, 1.165) is 25.7 Å². The molecule has 0 aromatic carbocycles. The third kappa shape index (κ3) is 36.9. The molecule has 6 nitrogen and oxygen atoms in total. The van der Waals surface area contributed by atoms with Crippen molar-refractivity contribution in [3.63, 3.8) is 0 Å². The first-order valence-electron chi connectivity index (χ1n) is 16.6. The fourth-order valence-corrected chi connectivity index (χ4v) is 4.47. The molecule has 0 saturated heterocycles. The summed E-state index contributed by atoms with van der Waals surface area (Å²) in [7, 11) is 0. The van der Waals surface area contributed by atoms with Crippen LogP contribution in [-0.4, -0.2) is 48.1 Å². The van der Waals surface area contributed by atoms with Gasteiger partial charge in [-0.25, -0.2) is 0 Å². The van der Waals surface area contributed by atoms with Crippen LogP contribution in [0.2, 0.25) is 0 Å². The van der Waals surface area contributed by atoms with E-state index in [1.807, 2.05) is 0 Å². The molecular formula is C33H66O6. The van der Waals surface area contributed by atoms with Crippen LogP contribution in [0.1, 0.15) is 175 Å². The van der Waals surface area contributed by atoms with Gasteiger partial charge in [-0.15, -0.1) is 0 Å². The Morgan fingerprint density at radius 3 is 1.15 bits per heavy atom. The minimum absolute atomic E-state index is 0.125. The van der Waals surface area contributed by atoms with Crippen LogP contribution in [0.3, 0.4) is 0 Å². The molecule has 0 aliphatic heterocycles. The Hall–Kier alpha value is -1.14. The topological polar surface area (TPSA) is 93.1 Å². The fraction of sp³-hybridized carbons (Fsp3) is 0.939. The van der Waals surface area contributed by atoms with E-state index in [9.17, 15) is 9.59 Å². The number of aliphatic hydroxyl groups excluding tert-OH is 2. The Balaban J connectivity index is 0. The van der Waals surface area contributed by atoms with E-state index in [-0.39, 0.29) is 37.9 Å². The highest BCUT2D eigenvalue weighted by Gasteiger charge is 2.12. The highest BCUT2D eigenvalue weighted by Crippen LogP contribution is 2.14. The molecule has 0 radical (unpaired) electrons. The first-order chi connectivity index (χ1) is 19.0. The second-order valence-electron chi connectivity index (χ2n) is 11.0. The zero-order chi connectivity index (χ0) is 29.2. The molecule has 0 rings (SSSR count). The quantitative estimate of drug-likeness (QED) is 0.0736. The Morgan fingerprint density at radius 1 is 0.513 bits per heavy atom. The second-order valence-corrected chi connectivity index (χ2v) is 11.0. The van der Waals surface area contributed by atoms with Crippen molar-refractivity contribution >= 4 is 11.9 Å². The summed E-state index contributed by atoms with van der Waals surface area (Å²) in [5, 5.41) is 15.2. The average Bonchev–Trinajstić information content (AvgIpc) is 2.93. The number of esters is 2. The molecule has 39 heavy (non-hydrogen) atoms. The lowest BCUT2D eigenvalue weighted by Crippen LogP contribution is -2.22. The van der Waals surface area contributed by atoms with Gasteiger partial charge in [-0.05, 0) is 19.8 Å².